The first kappa shape index (κ1) is 16.4. The molecule has 7 heteroatoms. The lowest BCUT2D eigenvalue weighted by Gasteiger charge is -2.09. The molecule has 0 heterocycles. The SMILES string of the molecule is CCNCc1ccc(S(=O)(=O)NCCSC)c(F)c1. The zero-order valence-corrected chi connectivity index (χ0v) is 12.7. The lowest BCUT2D eigenvalue weighted by Crippen LogP contribution is -2.27. The van der Waals surface area contributed by atoms with Crippen molar-refractivity contribution in [2.45, 2.75) is 18.4 Å². The molecule has 4 nitrogen and oxygen atoms in total. The molecule has 1 aromatic rings. The van der Waals surface area contributed by atoms with Crippen LogP contribution in [0, 0.1) is 5.82 Å². The van der Waals surface area contributed by atoms with Gasteiger partial charge in [0.15, 0.2) is 0 Å². The molecule has 0 aliphatic heterocycles. The first-order chi connectivity index (χ1) is 9.01. The first-order valence-corrected chi connectivity index (χ1v) is 8.86. The highest BCUT2D eigenvalue weighted by Crippen LogP contribution is 2.16. The van der Waals surface area contributed by atoms with Crippen LogP contribution in [0.2, 0.25) is 0 Å². The van der Waals surface area contributed by atoms with Crippen LogP contribution >= 0.6 is 11.8 Å². The van der Waals surface area contributed by atoms with E-state index in [1.165, 1.54) is 23.9 Å². The smallest absolute Gasteiger partial charge is 0.243 e. The normalized spacial score (nSPS) is 11.7. The molecule has 0 aromatic heterocycles. The Labute approximate surface area is 118 Å². The number of nitrogens with one attached hydrogen (secondary N) is 2. The molecule has 0 unspecified atom stereocenters. The highest BCUT2D eigenvalue weighted by molar-refractivity contribution is 7.98. The standard InChI is InChI=1S/C12H19FN2O2S2/c1-3-14-9-10-4-5-12(11(13)8-10)19(16,17)15-6-7-18-2/h4-5,8,14-15H,3,6-7,9H2,1-2H3. The fraction of sp³-hybridized carbons (Fsp3) is 0.500. The molecule has 108 valence electrons. The molecule has 0 aliphatic carbocycles. The molecule has 0 radical (unpaired) electrons. The van der Waals surface area contributed by atoms with Crippen molar-refractivity contribution >= 4 is 21.8 Å². The summed E-state index contributed by atoms with van der Waals surface area (Å²) >= 11 is 1.52. The summed E-state index contributed by atoms with van der Waals surface area (Å²) in [7, 11) is -3.76. The minimum absolute atomic E-state index is 0.294. The predicted octanol–water partition coefficient (Wildman–Crippen LogP) is 1.58. The molecule has 0 spiro atoms. The number of hydrogen-bond acceptors (Lipinski definition) is 4. The van der Waals surface area contributed by atoms with Crippen molar-refractivity contribution in [3.8, 4) is 0 Å². The lowest BCUT2D eigenvalue weighted by molar-refractivity contribution is 0.557. The van der Waals surface area contributed by atoms with E-state index >= 15 is 0 Å². The molecule has 1 aromatic carbocycles. The molecule has 2 N–H and O–H groups in total. The first-order valence-electron chi connectivity index (χ1n) is 5.99. The number of hydrogen-bond donors (Lipinski definition) is 2. The lowest BCUT2D eigenvalue weighted by atomic mass is 10.2. The number of thioether (sulfide) groups is 1. The van der Waals surface area contributed by atoms with Gasteiger partial charge in [0.25, 0.3) is 0 Å². The third-order valence-corrected chi connectivity index (χ3v) is 4.57. The second-order valence-corrected chi connectivity index (χ2v) is 6.66. The van der Waals surface area contributed by atoms with Crippen LogP contribution in [-0.2, 0) is 16.6 Å². The fourth-order valence-electron chi connectivity index (χ4n) is 1.50. The van der Waals surface area contributed by atoms with Gasteiger partial charge in [0.2, 0.25) is 10.0 Å². The van der Waals surface area contributed by atoms with E-state index in [1.807, 2.05) is 13.2 Å². The van der Waals surface area contributed by atoms with Crippen molar-refractivity contribution in [1.29, 1.82) is 0 Å². The van der Waals surface area contributed by atoms with E-state index in [0.717, 1.165) is 12.1 Å². The number of rotatable bonds is 8. The van der Waals surface area contributed by atoms with Crippen molar-refractivity contribution < 1.29 is 12.8 Å². The van der Waals surface area contributed by atoms with Gasteiger partial charge in [0.05, 0.1) is 0 Å². The number of halogens is 1. The second kappa shape index (κ2) is 7.84. The summed E-state index contributed by atoms with van der Waals surface area (Å²) in [6, 6.07) is 4.18. The maximum Gasteiger partial charge on any atom is 0.243 e. The average Bonchev–Trinajstić information content (AvgIpc) is 2.36. The van der Waals surface area contributed by atoms with E-state index in [4.69, 9.17) is 0 Å². The van der Waals surface area contributed by atoms with Crippen molar-refractivity contribution in [3.63, 3.8) is 0 Å². The topological polar surface area (TPSA) is 58.2 Å². The summed E-state index contributed by atoms with van der Waals surface area (Å²) in [5, 5.41) is 3.06. The quantitative estimate of drug-likeness (QED) is 0.716. The molecule has 0 saturated carbocycles. The summed E-state index contributed by atoms with van der Waals surface area (Å²) in [5.74, 6) is -0.0636. The molecule has 0 bridgehead atoms. The number of sulfonamides is 1. The monoisotopic (exact) mass is 306 g/mol. The van der Waals surface area contributed by atoms with E-state index in [2.05, 4.69) is 10.0 Å². The Morgan fingerprint density at radius 1 is 1.37 bits per heavy atom. The van der Waals surface area contributed by atoms with Crippen LogP contribution in [-0.4, -0.2) is 33.5 Å². The van der Waals surface area contributed by atoms with Gasteiger partial charge in [0.1, 0.15) is 10.7 Å². The summed E-state index contributed by atoms with van der Waals surface area (Å²) in [4.78, 5) is -0.297. The summed E-state index contributed by atoms with van der Waals surface area (Å²) in [5.41, 5.74) is 0.724. The van der Waals surface area contributed by atoms with E-state index in [-0.39, 0.29) is 4.90 Å². The van der Waals surface area contributed by atoms with E-state index < -0.39 is 15.8 Å². The van der Waals surface area contributed by atoms with Gasteiger partial charge < -0.3 is 5.32 Å². The van der Waals surface area contributed by atoms with E-state index in [9.17, 15) is 12.8 Å². The third-order valence-electron chi connectivity index (χ3n) is 2.46. The third kappa shape index (κ3) is 5.10. The molecule has 0 atom stereocenters. The Balaban J connectivity index is 2.83. The Morgan fingerprint density at radius 3 is 2.68 bits per heavy atom. The molecule has 0 fully saturated rings. The largest absolute Gasteiger partial charge is 0.313 e. The molecular weight excluding hydrogens is 287 g/mol. The highest BCUT2D eigenvalue weighted by atomic mass is 32.2. The van der Waals surface area contributed by atoms with Crippen LogP contribution in [0.4, 0.5) is 4.39 Å². The van der Waals surface area contributed by atoms with Gasteiger partial charge in [-0.3, -0.25) is 0 Å². The van der Waals surface area contributed by atoms with Crippen LogP contribution in [0.5, 0.6) is 0 Å². The van der Waals surface area contributed by atoms with Crippen LogP contribution in [0.15, 0.2) is 23.1 Å². The molecule has 0 saturated heterocycles. The minimum Gasteiger partial charge on any atom is -0.313 e. The van der Waals surface area contributed by atoms with Gasteiger partial charge in [-0.1, -0.05) is 13.0 Å². The Kier molecular flexibility index (Phi) is 6.78. The number of benzene rings is 1. The highest BCUT2D eigenvalue weighted by Gasteiger charge is 2.18. The zero-order valence-electron chi connectivity index (χ0n) is 11.1. The summed E-state index contributed by atoms with van der Waals surface area (Å²) < 4.78 is 40.0. The van der Waals surface area contributed by atoms with Gasteiger partial charge in [-0.05, 0) is 30.5 Å². The summed E-state index contributed by atoms with van der Waals surface area (Å²) in [6.45, 7) is 3.54. The van der Waals surface area contributed by atoms with Gasteiger partial charge in [0, 0.05) is 18.8 Å². The maximum atomic E-state index is 13.8. The Hall–Kier alpha value is -0.630. The molecular formula is C12H19FN2O2S2. The van der Waals surface area contributed by atoms with Gasteiger partial charge in [-0.25, -0.2) is 17.5 Å². The molecule has 19 heavy (non-hydrogen) atoms. The summed E-state index contributed by atoms with van der Waals surface area (Å²) in [6.07, 6.45) is 1.88. The van der Waals surface area contributed by atoms with Crippen molar-refractivity contribution in [2.75, 3.05) is 25.1 Å². The predicted molar refractivity (Wildman–Crippen MR) is 77.4 cm³/mol. The van der Waals surface area contributed by atoms with Crippen molar-refractivity contribution in [1.82, 2.24) is 10.0 Å². The minimum atomic E-state index is -3.76. The molecule has 0 aliphatic rings. The van der Waals surface area contributed by atoms with Gasteiger partial charge >= 0.3 is 0 Å². The fourth-order valence-corrected chi connectivity index (χ4v) is 3.02. The van der Waals surface area contributed by atoms with E-state index in [1.54, 1.807) is 6.07 Å². The van der Waals surface area contributed by atoms with Crippen LogP contribution in [0.3, 0.4) is 0 Å². The van der Waals surface area contributed by atoms with E-state index in [0.29, 0.717) is 18.8 Å². The van der Waals surface area contributed by atoms with Crippen LogP contribution in [0.1, 0.15) is 12.5 Å². The molecule has 1 rings (SSSR count). The Bertz CT molecular complexity index is 506. The zero-order chi connectivity index (χ0) is 14.3. The van der Waals surface area contributed by atoms with Crippen molar-refractivity contribution in [3.05, 3.63) is 29.6 Å². The van der Waals surface area contributed by atoms with Gasteiger partial charge in [-0.2, -0.15) is 11.8 Å². The van der Waals surface area contributed by atoms with Crippen LogP contribution < -0.4 is 10.0 Å². The second-order valence-electron chi connectivity index (χ2n) is 3.94. The van der Waals surface area contributed by atoms with Crippen LogP contribution in [0.25, 0.3) is 0 Å². The van der Waals surface area contributed by atoms with Gasteiger partial charge in [-0.15, -0.1) is 0 Å². The maximum absolute atomic E-state index is 13.8. The molecule has 0 amide bonds. The Morgan fingerprint density at radius 2 is 2.11 bits per heavy atom. The average molecular weight is 306 g/mol. The van der Waals surface area contributed by atoms with Crippen molar-refractivity contribution in [2.24, 2.45) is 0 Å².